The van der Waals surface area contributed by atoms with Crippen molar-refractivity contribution in [3.05, 3.63) is 103 Å². The molecule has 3 aromatic carbocycles. The molecule has 15 nitrogen and oxygen atoms in total. The highest BCUT2D eigenvalue weighted by Crippen LogP contribution is 2.62. The third-order valence-corrected chi connectivity index (χ3v) is 14.3. The minimum absolute atomic E-state index is 0.0215. The van der Waals surface area contributed by atoms with Crippen LogP contribution in [0.3, 0.4) is 0 Å². The van der Waals surface area contributed by atoms with Gasteiger partial charge in [-0.15, -0.1) is 6.58 Å². The van der Waals surface area contributed by atoms with Crippen molar-refractivity contribution < 1.29 is 51.9 Å². The molecular formula is C47H56N4O11S. The first-order chi connectivity index (χ1) is 30.5. The van der Waals surface area contributed by atoms with Crippen LogP contribution in [0.5, 0.6) is 23.0 Å². The number of aliphatic hydroxyl groups excluding tert-OH is 2. The lowest BCUT2D eigenvalue weighted by Crippen LogP contribution is -2.69. The first-order valence-corrected chi connectivity index (χ1v) is 22.6. The maximum Gasteiger partial charge on any atom is 0.417 e. The molecular weight excluding hydrogens is 829 g/mol. The highest BCUT2D eigenvalue weighted by molar-refractivity contribution is 7.89. The van der Waals surface area contributed by atoms with E-state index in [2.05, 4.69) is 28.1 Å². The Morgan fingerprint density at radius 1 is 1.00 bits per heavy atom. The fourth-order valence-electron chi connectivity index (χ4n) is 9.63. The summed E-state index contributed by atoms with van der Waals surface area (Å²) in [6.45, 7) is 4.05. The van der Waals surface area contributed by atoms with Crippen molar-refractivity contribution in [3.63, 3.8) is 0 Å². The van der Waals surface area contributed by atoms with Crippen molar-refractivity contribution in [1.29, 1.82) is 0 Å². The number of unbranched alkanes of at least 4 members (excludes halogenated alkanes) is 2. The minimum atomic E-state index is -4.29. The maximum atomic E-state index is 15.0. The van der Waals surface area contributed by atoms with E-state index in [0.29, 0.717) is 65.2 Å². The topological polar surface area (TPSA) is 188 Å². The maximum absolute atomic E-state index is 15.0. The predicted octanol–water partition coefficient (Wildman–Crippen LogP) is 7.45. The zero-order valence-electron chi connectivity index (χ0n) is 36.1. The molecule has 1 aliphatic heterocycles. The summed E-state index contributed by atoms with van der Waals surface area (Å²) in [5.74, 6) is -1.25. The lowest BCUT2D eigenvalue weighted by Gasteiger charge is -2.59. The number of benzene rings is 3. The van der Waals surface area contributed by atoms with Gasteiger partial charge in [0.2, 0.25) is 15.8 Å². The van der Waals surface area contributed by atoms with Crippen LogP contribution in [0.25, 0.3) is 10.9 Å². The van der Waals surface area contributed by atoms with Gasteiger partial charge in [-0.3, -0.25) is 10.3 Å². The van der Waals surface area contributed by atoms with Gasteiger partial charge in [-0.05, 0) is 85.6 Å². The molecule has 0 bridgehead atoms. The number of para-hydroxylation sites is 1. The number of carbonyl (C=O) groups is 1. The highest BCUT2D eigenvalue weighted by Gasteiger charge is 2.65. The van der Waals surface area contributed by atoms with Crippen molar-refractivity contribution in [1.82, 2.24) is 9.29 Å². The van der Waals surface area contributed by atoms with Crippen molar-refractivity contribution in [3.8, 4) is 23.0 Å². The molecule has 3 aliphatic rings. The number of likely N-dealkylation sites (N-methyl/N-ethyl adjacent to an activating group) is 1. The second-order valence-electron chi connectivity index (χ2n) is 15.9. The van der Waals surface area contributed by atoms with Crippen molar-refractivity contribution in [2.24, 2.45) is 22.9 Å². The number of aromatic nitrogens is 1. The Balaban J connectivity index is 1.39. The number of amides is 1. The number of methoxy groups -OCH3 is 2. The molecule has 0 saturated heterocycles. The molecule has 0 spiro atoms. The van der Waals surface area contributed by atoms with Crippen LogP contribution in [-0.4, -0.2) is 99.8 Å². The largest absolute Gasteiger partial charge is 0.497 e. The molecule has 1 fully saturated rings. The lowest BCUT2D eigenvalue weighted by molar-refractivity contribution is -0.250. The Labute approximate surface area is 368 Å². The van der Waals surface area contributed by atoms with Crippen LogP contribution in [0.2, 0.25) is 0 Å². The molecule has 1 saturated carbocycles. The highest BCUT2D eigenvalue weighted by atomic mass is 32.2. The van der Waals surface area contributed by atoms with Crippen LogP contribution < -0.4 is 24.3 Å². The Hall–Kier alpha value is -5.52. The third kappa shape index (κ3) is 9.00. The van der Waals surface area contributed by atoms with Gasteiger partial charge in [0.25, 0.3) is 0 Å². The number of carbonyl (C=O) groups excluding carboxylic acids is 1. The molecule has 7 rings (SSSR count). The average Bonchev–Trinajstić information content (AvgIpc) is 3.29. The van der Waals surface area contributed by atoms with E-state index in [1.807, 2.05) is 12.1 Å². The summed E-state index contributed by atoms with van der Waals surface area (Å²) in [5, 5.41) is 27.8. The summed E-state index contributed by atoms with van der Waals surface area (Å²) < 4.78 is 62.2. The van der Waals surface area contributed by atoms with Crippen molar-refractivity contribution in [2.75, 3.05) is 53.5 Å². The van der Waals surface area contributed by atoms with E-state index in [1.54, 1.807) is 66.9 Å². The van der Waals surface area contributed by atoms with Gasteiger partial charge >= 0.3 is 6.09 Å². The number of fused-ring (bicyclic) bond motifs is 3. The summed E-state index contributed by atoms with van der Waals surface area (Å²) in [5.41, 5.74) is 2.78. The van der Waals surface area contributed by atoms with Gasteiger partial charge in [0.15, 0.2) is 0 Å². The van der Waals surface area contributed by atoms with Gasteiger partial charge in [-0.25, -0.2) is 13.2 Å². The molecule has 63 heavy (non-hydrogen) atoms. The monoisotopic (exact) mass is 884 g/mol. The number of oxime groups is 1. The molecule has 16 heteroatoms. The number of hydrogen-bond donors (Lipinski definition) is 3. The quantitative estimate of drug-likeness (QED) is 0.0481. The molecule has 2 aliphatic carbocycles. The summed E-state index contributed by atoms with van der Waals surface area (Å²) in [6.07, 6.45) is 8.75. The van der Waals surface area contributed by atoms with Crippen LogP contribution in [0.1, 0.15) is 56.4 Å². The van der Waals surface area contributed by atoms with Gasteiger partial charge in [0.05, 0.1) is 49.7 Å². The number of anilines is 1. The predicted molar refractivity (Wildman–Crippen MR) is 238 cm³/mol. The van der Waals surface area contributed by atoms with Gasteiger partial charge in [0, 0.05) is 55.8 Å². The van der Waals surface area contributed by atoms with Gasteiger partial charge < -0.3 is 38.7 Å². The average molecular weight is 885 g/mol. The molecule has 1 amide bonds. The van der Waals surface area contributed by atoms with E-state index < -0.39 is 39.8 Å². The lowest BCUT2D eigenvalue weighted by atomic mass is 9.55. The first-order valence-electron chi connectivity index (χ1n) is 21.2. The molecule has 3 N–H and O–H groups in total. The van der Waals surface area contributed by atoms with Gasteiger partial charge in [-0.2, -0.15) is 4.31 Å². The number of pyridine rings is 1. The zero-order valence-corrected chi connectivity index (χ0v) is 36.9. The number of rotatable bonds is 19. The second-order valence-corrected chi connectivity index (χ2v) is 17.9. The number of sulfonamides is 1. The summed E-state index contributed by atoms with van der Waals surface area (Å²) in [6, 6.07) is 17.8. The first kappa shape index (κ1) is 45.5. The summed E-state index contributed by atoms with van der Waals surface area (Å²) in [7, 11) is 1.72. The Morgan fingerprint density at radius 3 is 2.49 bits per heavy atom. The number of allylic oxidation sites excluding steroid dienone is 1. The van der Waals surface area contributed by atoms with E-state index in [9.17, 15) is 15.0 Å². The van der Waals surface area contributed by atoms with E-state index in [-0.39, 0.29) is 48.7 Å². The summed E-state index contributed by atoms with van der Waals surface area (Å²) in [4.78, 5) is 23.5. The van der Waals surface area contributed by atoms with Crippen LogP contribution in [0.15, 0.2) is 107 Å². The van der Waals surface area contributed by atoms with E-state index in [4.69, 9.17) is 28.5 Å². The zero-order chi connectivity index (χ0) is 44.7. The molecule has 336 valence electrons. The van der Waals surface area contributed by atoms with Gasteiger partial charge in [-0.1, -0.05) is 48.3 Å². The van der Waals surface area contributed by atoms with Crippen LogP contribution in [0, 0.1) is 17.8 Å². The molecule has 0 radical (unpaired) electrons. The third-order valence-electron chi connectivity index (χ3n) is 12.4. The smallest absolute Gasteiger partial charge is 0.417 e. The van der Waals surface area contributed by atoms with Crippen LogP contribution in [0.4, 0.5) is 10.5 Å². The fraction of sp³-hybridized carbons (Fsp3) is 0.426. The Kier molecular flexibility index (Phi) is 14.4. The number of ether oxygens (including phenoxy) is 5. The molecule has 6 atom stereocenters. The Bertz CT molecular complexity index is 2460. The van der Waals surface area contributed by atoms with E-state index >= 15 is 8.42 Å². The van der Waals surface area contributed by atoms with E-state index in [1.165, 1.54) is 32.7 Å². The SMILES string of the molecule is C=CCOC12Oc3ccc(OC(=O)Nc4ccc(OC)cc4OC)cc3C3C(CCCCO)C(CCCCO)C=C(C(=NOC)CC1N(C)S(=O)(=O)c1cccc4cccnc14)C32. The molecule has 2 heterocycles. The number of nitrogens with one attached hydrogen (secondary N) is 1. The standard InChI is InChI=1S/C47H56N4O11S/c1-6-25-60-47-42(51(2)63(55,56)41-17-11-14-30-15-12-22-48-45(30)41)29-38(50-59-5)35-26-31(13-7-9-23-52)34(16-8-10-24-53)43(44(35)47)36-27-33(19-21-39(36)62-47)61-46(54)49-37-20-18-32(57-3)28-40(37)58-4/h6,11-12,14-15,17-22,26-28,31,34,42-44,52-53H,1,7-10,13,16,23-25,29H2,2-5H3,(H,49,54). The number of nitrogens with zero attached hydrogens (tertiary/aromatic N) is 3. The van der Waals surface area contributed by atoms with Crippen LogP contribution in [-0.2, 0) is 19.6 Å². The van der Waals surface area contributed by atoms with E-state index in [0.717, 1.165) is 24.0 Å². The van der Waals surface area contributed by atoms with Crippen molar-refractivity contribution in [2.45, 2.75) is 67.6 Å². The Morgan fingerprint density at radius 2 is 1.76 bits per heavy atom. The number of aliphatic hydroxyl groups is 2. The normalized spacial score (nSPS) is 23.3. The number of hydrogen-bond acceptors (Lipinski definition) is 13. The molecule has 6 unspecified atom stereocenters. The van der Waals surface area contributed by atoms with Crippen molar-refractivity contribution >= 4 is 38.4 Å². The fourth-order valence-corrected chi connectivity index (χ4v) is 11.2. The minimum Gasteiger partial charge on any atom is -0.497 e. The van der Waals surface area contributed by atoms with Crippen LogP contribution >= 0.6 is 0 Å². The summed E-state index contributed by atoms with van der Waals surface area (Å²) >= 11 is 0. The molecule has 1 aromatic heterocycles. The van der Waals surface area contributed by atoms with Gasteiger partial charge in [0.1, 0.15) is 35.0 Å². The second kappa shape index (κ2) is 19.9. The molecule has 4 aromatic rings.